The van der Waals surface area contributed by atoms with Gasteiger partial charge in [-0.15, -0.1) is 5.10 Å². The van der Waals surface area contributed by atoms with Crippen molar-refractivity contribution in [2.75, 3.05) is 17.8 Å². The van der Waals surface area contributed by atoms with E-state index < -0.39 is 0 Å². The van der Waals surface area contributed by atoms with Gasteiger partial charge in [0.15, 0.2) is 5.17 Å². The zero-order valence-corrected chi connectivity index (χ0v) is 19.8. The van der Waals surface area contributed by atoms with E-state index in [0.717, 1.165) is 33.5 Å². The van der Waals surface area contributed by atoms with E-state index in [2.05, 4.69) is 20.8 Å². The average molecular weight is 480 g/mol. The third-order valence-electron chi connectivity index (χ3n) is 5.73. The van der Waals surface area contributed by atoms with Crippen LogP contribution in [0.5, 0.6) is 5.75 Å². The normalized spacial score (nSPS) is 14.8. The number of carbonyl (C=O) groups excluding carboxylic acids is 1. The summed E-state index contributed by atoms with van der Waals surface area (Å²) in [7, 11) is 1.60. The van der Waals surface area contributed by atoms with E-state index in [-0.39, 0.29) is 5.91 Å². The topological polar surface area (TPSA) is 83.0 Å². The van der Waals surface area contributed by atoms with E-state index >= 15 is 0 Å². The van der Waals surface area contributed by atoms with Crippen LogP contribution in [-0.4, -0.2) is 34.7 Å². The van der Waals surface area contributed by atoms with Crippen LogP contribution in [0.25, 0.3) is 10.9 Å². The molecule has 0 bridgehead atoms. The maximum atomic E-state index is 12.5. The summed E-state index contributed by atoms with van der Waals surface area (Å²) in [5, 5.41) is 19.7. The summed E-state index contributed by atoms with van der Waals surface area (Å²) in [6.07, 6.45) is 3.72. The molecule has 4 aromatic rings. The number of thioether (sulfide) groups is 1. The number of methoxy groups -OCH3 is 1. The molecule has 1 aliphatic heterocycles. The number of fused-ring (bicyclic) bond motifs is 1. The largest absolute Gasteiger partial charge is 0.497 e. The van der Waals surface area contributed by atoms with Crippen LogP contribution >= 0.6 is 11.8 Å². The minimum atomic E-state index is -0.0399. The molecule has 0 saturated carbocycles. The Balaban J connectivity index is 1.44. The van der Waals surface area contributed by atoms with Crippen LogP contribution in [0, 0.1) is 11.3 Å². The molecule has 172 valence electrons. The van der Waals surface area contributed by atoms with Crippen molar-refractivity contribution in [3.63, 3.8) is 0 Å². The second-order valence-corrected chi connectivity index (χ2v) is 8.78. The van der Waals surface area contributed by atoms with Gasteiger partial charge < -0.3 is 9.30 Å². The first kappa shape index (κ1) is 22.4. The Kier molecular flexibility index (Phi) is 6.33. The van der Waals surface area contributed by atoms with Gasteiger partial charge in [0.1, 0.15) is 5.75 Å². The highest BCUT2D eigenvalue weighted by Crippen LogP contribution is 2.28. The van der Waals surface area contributed by atoms with Gasteiger partial charge in [0.05, 0.1) is 36.4 Å². The van der Waals surface area contributed by atoms with E-state index in [9.17, 15) is 10.1 Å². The number of hydrogen-bond donors (Lipinski definition) is 0. The molecule has 0 unspecified atom stereocenters. The van der Waals surface area contributed by atoms with Crippen molar-refractivity contribution in [2.45, 2.75) is 6.54 Å². The number of para-hydroxylation sites is 1. The average Bonchev–Trinajstić information content (AvgIpc) is 3.44. The first-order chi connectivity index (χ1) is 17.2. The number of carbonyl (C=O) groups is 1. The maximum absolute atomic E-state index is 12.5. The first-order valence-corrected chi connectivity index (χ1v) is 11.9. The van der Waals surface area contributed by atoms with Crippen molar-refractivity contribution in [1.29, 1.82) is 5.26 Å². The van der Waals surface area contributed by atoms with Crippen LogP contribution in [-0.2, 0) is 11.3 Å². The molecule has 1 aromatic heterocycles. The molecule has 0 N–H and O–H groups in total. The van der Waals surface area contributed by atoms with Gasteiger partial charge in [-0.3, -0.25) is 9.69 Å². The van der Waals surface area contributed by atoms with Gasteiger partial charge in [0, 0.05) is 29.2 Å². The fourth-order valence-electron chi connectivity index (χ4n) is 4.02. The number of rotatable bonds is 6. The number of amidine groups is 1. The quantitative estimate of drug-likeness (QED) is 0.287. The standard InChI is InChI=1S/C27H21N5O2S/c1-34-23-12-10-22(11-13-23)32-26(33)18-35-27(32)30-29-15-21-17-31(25-9-5-4-8-24(21)25)16-20-7-3-2-6-19(20)14-28/h2-13,15,17H,16,18H2,1H3. The molecule has 1 saturated heterocycles. The SMILES string of the molecule is COc1ccc(N2C(=O)CSC2=NN=Cc2cn(Cc3ccccc3C#N)c3ccccc23)cc1. The molecular formula is C27H21N5O2S. The van der Waals surface area contributed by atoms with Crippen LogP contribution in [0.1, 0.15) is 16.7 Å². The minimum absolute atomic E-state index is 0.0399. The lowest BCUT2D eigenvalue weighted by atomic mass is 10.1. The Bertz CT molecular complexity index is 1500. The molecule has 8 heteroatoms. The number of nitriles is 1. The molecule has 0 spiro atoms. The predicted molar refractivity (Wildman–Crippen MR) is 140 cm³/mol. The van der Waals surface area contributed by atoms with Crippen molar-refractivity contribution in [1.82, 2.24) is 4.57 Å². The number of anilines is 1. The highest BCUT2D eigenvalue weighted by Gasteiger charge is 2.29. The molecule has 3 aromatic carbocycles. The summed E-state index contributed by atoms with van der Waals surface area (Å²) in [6, 6.07) is 25.2. The number of ether oxygens (including phenoxy) is 1. The zero-order valence-electron chi connectivity index (χ0n) is 19.0. The monoisotopic (exact) mass is 479 g/mol. The summed E-state index contributed by atoms with van der Waals surface area (Å²) < 4.78 is 7.32. The Morgan fingerprint density at radius 1 is 1.09 bits per heavy atom. The first-order valence-electron chi connectivity index (χ1n) is 10.9. The van der Waals surface area contributed by atoms with Crippen molar-refractivity contribution >= 4 is 45.6 Å². The van der Waals surface area contributed by atoms with Gasteiger partial charge in [-0.1, -0.05) is 48.2 Å². The van der Waals surface area contributed by atoms with Crippen molar-refractivity contribution in [2.24, 2.45) is 10.2 Å². The number of benzene rings is 3. The summed E-state index contributed by atoms with van der Waals surface area (Å²) >= 11 is 1.36. The fraction of sp³-hybridized carbons (Fsp3) is 0.111. The van der Waals surface area contributed by atoms with E-state index in [1.807, 2.05) is 79.0 Å². The molecule has 2 heterocycles. The highest BCUT2D eigenvalue weighted by molar-refractivity contribution is 8.15. The van der Waals surface area contributed by atoms with Crippen LogP contribution in [0.3, 0.4) is 0 Å². The smallest absolute Gasteiger partial charge is 0.243 e. The van der Waals surface area contributed by atoms with Gasteiger partial charge in [-0.2, -0.15) is 10.4 Å². The Morgan fingerprint density at radius 2 is 1.86 bits per heavy atom. The molecular weight excluding hydrogens is 458 g/mol. The summed E-state index contributed by atoms with van der Waals surface area (Å²) in [5.41, 5.74) is 4.29. The van der Waals surface area contributed by atoms with Gasteiger partial charge in [-0.05, 0) is 42.0 Å². The Hall–Kier alpha value is -4.35. The Labute approximate surface area is 207 Å². The van der Waals surface area contributed by atoms with Crippen molar-refractivity contribution < 1.29 is 9.53 Å². The third kappa shape index (κ3) is 4.54. The van der Waals surface area contributed by atoms with Gasteiger partial charge in [0.25, 0.3) is 0 Å². The van der Waals surface area contributed by atoms with Crippen LogP contribution < -0.4 is 9.64 Å². The maximum Gasteiger partial charge on any atom is 0.243 e. The summed E-state index contributed by atoms with van der Waals surface area (Å²) in [6.45, 7) is 0.572. The molecule has 7 nitrogen and oxygen atoms in total. The van der Waals surface area contributed by atoms with E-state index in [4.69, 9.17) is 4.74 Å². The van der Waals surface area contributed by atoms with E-state index in [1.165, 1.54) is 11.8 Å². The van der Waals surface area contributed by atoms with Gasteiger partial charge >= 0.3 is 0 Å². The highest BCUT2D eigenvalue weighted by atomic mass is 32.2. The Morgan fingerprint density at radius 3 is 2.66 bits per heavy atom. The van der Waals surface area contributed by atoms with Crippen molar-refractivity contribution in [3.8, 4) is 11.8 Å². The van der Waals surface area contributed by atoms with Crippen LogP contribution in [0.2, 0.25) is 0 Å². The lowest BCUT2D eigenvalue weighted by molar-refractivity contribution is -0.115. The minimum Gasteiger partial charge on any atom is -0.497 e. The van der Waals surface area contributed by atoms with Crippen molar-refractivity contribution in [3.05, 3.63) is 95.7 Å². The zero-order chi connectivity index (χ0) is 24.2. The lowest BCUT2D eigenvalue weighted by Gasteiger charge is -2.15. The van der Waals surface area contributed by atoms with Gasteiger partial charge in [-0.25, -0.2) is 0 Å². The van der Waals surface area contributed by atoms with E-state index in [1.54, 1.807) is 18.2 Å². The molecule has 1 aliphatic rings. The summed E-state index contributed by atoms with van der Waals surface area (Å²) in [4.78, 5) is 14.1. The van der Waals surface area contributed by atoms with Crippen LogP contribution in [0.15, 0.2) is 89.2 Å². The number of hydrogen-bond acceptors (Lipinski definition) is 6. The molecule has 1 amide bonds. The molecule has 0 radical (unpaired) electrons. The summed E-state index contributed by atoms with van der Waals surface area (Å²) in [5.74, 6) is 0.998. The molecule has 0 aliphatic carbocycles. The fourth-order valence-corrected chi connectivity index (χ4v) is 4.84. The van der Waals surface area contributed by atoms with E-state index in [0.29, 0.717) is 23.0 Å². The second kappa shape index (κ2) is 9.87. The third-order valence-corrected chi connectivity index (χ3v) is 6.65. The van der Waals surface area contributed by atoms with Crippen LogP contribution in [0.4, 0.5) is 5.69 Å². The predicted octanol–water partition coefficient (Wildman–Crippen LogP) is 5.04. The lowest BCUT2D eigenvalue weighted by Crippen LogP contribution is -2.28. The van der Waals surface area contributed by atoms with Gasteiger partial charge in [0.2, 0.25) is 5.91 Å². The molecule has 5 rings (SSSR count). The number of aromatic nitrogens is 1. The molecule has 0 atom stereocenters. The molecule has 35 heavy (non-hydrogen) atoms. The number of nitrogens with zero attached hydrogens (tertiary/aromatic N) is 5. The number of amides is 1. The molecule has 1 fully saturated rings. The second-order valence-electron chi connectivity index (χ2n) is 7.84.